The van der Waals surface area contributed by atoms with Gasteiger partial charge in [0.1, 0.15) is 0 Å². The zero-order valence-corrected chi connectivity index (χ0v) is 30.8. The Morgan fingerprint density at radius 3 is 1.88 bits per heavy atom. The number of carbonyl (C=O) groups excluding carboxylic acids is 1. The van der Waals surface area contributed by atoms with Crippen LogP contribution in [-0.4, -0.2) is 96.5 Å². The lowest BCUT2D eigenvalue weighted by molar-refractivity contribution is -0.143. The topological polar surface area (TPSA) is 30.0 Å². The van der Waals surface area contributed by atoms with E-state index < -0.39 is 41.0 Å². The number of piperidine rings is 2. The summed E-state index contributed by atoms with van der Waals surface area (Å²) in [5, 5.41) is 0.675. The van der Waals surface area contributed by atoms with Crippen molar-refractivity contribution in [3.63, 3.8) is 0 Å². The highest BCUT2D eigenvalue weighted by Gasteiger charge is 2.39. The Kier molecular flexibility index (Phi) is 17.1. The Bertz CT molecular complexity index is 1320. The zero-order valence-electron chi connectivity index (χ0n) is 26.9. The van der Waals surface area contributed by atoms with Crippen LogP contribution in [0.5, 0.6) is 0 Å². The van der Waals surface area contributed by atoms with Gasteiger partial charge in [-0.2, -0.15) is 26.3 Å². The molecule has 3 fully saturated rings. The smallest absolute Gasteiger partial charge is 0.333 e. The quantitative estimate of drug-likeness (QED) is 0.250. The SMILES string of the molecule is Cl.Cl.Cl.O=C(c1cc(C(F)(F)F)cc(C(F)(F)F)c1)N1CCN(CCCN2CCC(N3CCCCC3)CC2)C[C@H]1Cc1ccc(Cl)c(Cl)c1. The molecule has 2 aromatic carbocycles. The summed E-state index contributed by atoms with van der Waals surface area (Å²) in [6, 6.07) is 6.29. The van der Waals surface area contributed by atoms with Crippen LogP contribution in [0.1, 0.15) is 65.6 Å². The molecule has 16 heteroatoms. The van der Waals surface area contributed by atoms with E-state index in [4.69, 9.17) is 23.2 Å². The average Bonchev–Trinajstić information content (AvgIpc) is 3.02. The van der Waals surface area contributed by atoms with Gasteiger partial charge in [0.05, 0.1) is 21.2 Å². The molecule has 3 heterocycles. The molecular formula is C33H43Cl5F6N4O. The molecule has 0 aliphatic carbocycles. The number of piperazine rings is 1. The van der Waals surface area contributed by atoms with Gasteiger partial charge < -0.3 is 14.7 Å². The summed E-state index contributed by atoms with van der Waals surface area (Å²) in [5.41, 5.74) is -2.89. The van der Waals surface area contributed by atoms with E-state index in [2.05, 4.69) is 14.7 Å². The third-order valence-electron chi connectivity index (χ3n) is 9.53. The fourth-order valence-electron chi connectivity index (χ4n) is 7.06. The second-order valence-electron chi connectivity index (χ2n) is 12.7. The van der Waals surface area contributed by atoms with E-state index in [1.54, 1.807) is 18.2 Å². The molecule has 2 aromatic rings. The van der Waals surface area contributed by atoms with Crippen LogP contribution in [0.4, 0.5) is 26.3 Å². The van der Waals surface area contributed by atoms with E-state index in [-0.39, 0.29) is 49.8 Å². The van der Waals surface area contributed by atoms with E-state index in [1.165, 1.54) is 50.1 Å². The molecule has 278 valence electrons. The Balaban J connectivity index is 0.00000278. The zero-order chi connectivity index (χ0) is 33.1. The summed E-state index contributed by atoms with van der Waals surface area (Å²) >= 11 is 12.3. The van der Waals surface area contributed by atoms with Gasteiger partial charge in [0.2, 0.25) is 0 Å². The molecule has 0 bridgehead atoms. The third-order valence-corrected chi connectivity index (χ3v) is 10.3. The predicted molar refractivity (Wildman–Crippen MR) is 189 cm³/mol. The predicted octanol–water partition coefficient (Wildman–Crippen LogP) is 9.01. The van der Waals surface area contributed by atoms with Crippen LogP contribution in [-0.2, 0) is 18.8 Å². The lowest BCUT2D eigenvalue weighted by Gasteiger charge is -2.42. The van der Waals surface area contributed by atoms with Gasteiger partial charge in [0.15, 0.2) is 0 Å². The molecule has 1 amide bonds. The van der Waals surface area contributed by atoms with Crippen LogP contribution in [0.25, 0.3) is 0 Å². The molecule has 0 aromatic heterocycles. The first-order valence-corrected chi connectivity index (χ1v) is 16.8. The molecule has 49 heavy (non-hydrogen) atoms. The summed E-state index contributed by atoms with van der Waals surface area (Å²) in [6.45, 7) is 7.34. The molecule has 0 spiro atoms. The highest BCUT2D eigenvalue weighted by Crippen LogP contribution is 2.37. The van der Waals surface area contributed by atoms with E-state index in [1.807, 2.05) is 0 Å². The van der Waals surface area contributed by atoms with E-state index in [0.29, 0.717) is 47.7 Å². The third kappa shape index (κ3) is 11.9. The van der Waals surface area contributed by atoms with Crippen molar-refractivity contribution in [2.45, 2.75) is 69.4 Å². The summed E-state index contributed by atoms with van der Waals surface area (Å²) in [4.78, 5) is 22.4. The van der Waals surface area contributed by atoms with Crippen molar-refractivity contribution < 1.29 is 31.1 Å². The van der Waals surface area contributed by atoms with Gasteiger partial charge >= 0.3 is 12.4 Å². The lowest BCUT2D eigenvalue weighted by Crippen LogP contribution is -2.56. The van der Waals surface area contributed by atoms with Crippen LogP contribution < -0.4 is 0 Å². The maximum Gasteiger partial charge on any atom is 0.416 e. The average molecular weight is 803 g/mol. The molecule has 3 aliphatic heterocycles. The molecule has 3 aliphatic rings. The molecule has 0 unspecified atom stereocenters. The number of rotatable bonds is 8. The van der Waals surface area contributed by atoms with Crippen molar-refractivity contribution in [2.24, 2.45) is 0 Å². The van der Waals surface area contributed by atoms with E-state index in [0.717, 1.165) is 38.2 Å². The van der Waals surface area contributed by atoms with Gasteiger partial charge in [-0.3, -0.25) is 9.69 Å². The first-order chi connectivity index (χ1) is 21.8. The maximum atomic E-state index is 13.7. The fraction of sp³-hybridized carbons (Fsp3) is 0.606. The van der Waals surface area contributed by atoms with Crippen molar-refractivity contribution >= 4 is 66.3 Å². The van der Waals surface area contributed by atoms with Crippen LogP contribution >= 0.6 is 60.4 Å². The fourth-order valence-corrected chi connectivity index (χ4v) is 7.38. The number of benzene rings is 2. The molecule has 5 nitrogen and oxygen atoms in total. The minimum Gasteiger partial charge on any atom is -0.333 e. The highest BCUT2D eigenvalue weighted by molar-refractivity contribution is 6.42. The minimum atomic E-state index is -5.04. The number of carbonyl (C=O) groups is 1. The summed E-state index contributed by atoms with van der Waals surface area (Å²) in [6.07, 6.45) is -2.58. The van der Waals surface area contributed by atoms with Gasteiger partial charge in [0.25, 0.3) is 5.91 Å². The first-order valence-electron chi connectivity index (χ1n) is 16.0. The minimum absolute atomic E-state index is 0. The number of likely N-dealkylation sites (tertiary alicyclic amines) is 2. The molecule has 5 rings (SSSR count). The molecule has 1 atom stereocenters. The number of alkyl halides is 6. The number of hydrogen-bond acceptors (Lipinski definition) is 4. The summed E-state index contributed by atoms with van der Waals surface area (Å²) in [5.74, 6) is -0.863. The van der Waals surface area contributed by atoms with Crippen LogP contribution in [0, 0.1) is 0 Å². The monoisotopic (exact) mass is 800 g/mol. The van der Waals surface area contributed by atoms with E-state index in [9.17, 15) is 31.1 Å². The van der Waals surface area contributed by atoms with E-state index >= 15 is 0 Å². The normalized spacial score (nSPS) is 20.2. The highest BCUT2D eigenvalue weighted by atomic mass is 35.5. The van der Waals surface area contributed by atoms with Gasteiger partial charge in [-0.05, 0) is 114 Å². The van der Waals surface area contributed by atoms with Crippen LogP contribution in [0.2, 0.25) is 10.0 Å². The number of hydrogen-bond donors (Lipinski definition) is 0. The Labute approximate surface area is 312 Å². The lowest BCUT2D eigenvalue weighted by atomic mass is 9.98. The van der Waals surface area contributed by atoms with Gasteiger partial charge in [0, 0.05) is 37.3 Å². The van der Waals surface area contributed by atoms with Crippen molar-refractivity contribution in [3.05, 3.63) is 68.7 Å². The summed E-state index contributed by atoms with van der Waals surface area (Å²) in [7, 11) is 0. The number of amides is 1. The second-order valence-corrected chi connectivity index (χ2v) is 13.5. The number of nitrogens with zero attached hydrogens (tertiary/aromatic N) is 4. The van der Waals surface area contributed by atoms with Crippen molar-refractivity contribution in [3.8, 4) is 0 Å². The summed E-state index contributed by atoms with van der Waals surface area (Å²) < 4.78 is 81.3. The molecule has 3 saturated heterocycles. The molecule has 0 N–H and O–H groups in total. The largest absolute Gasteiger partial charge is 0.416 e. The molecule has 0 radical (unpaired) electrons. The Hall–Kier alpha value is -1.18. The van der Waals surface area contributed by atoms with Gasteiger partial charge in [-0.25, -0.2) is 0 Å². The van der Waals surface area contributed by atoms with Crippen LogP contribution in [0.15, 0.2) is 36.4 Å². The van der Waals surface area contributed by atoms with Crippen molar-refractivity contribution in [2.75, 3.05) is 58.9 Å². The number of halogens is 11. The van der Waals surface area contributed by atoms with Crippen molar-refractivity contribution in [1.82, 2.24) is 19.6 Å². The molecular weight excluding hydrogens is 760 g/mol. The maximum absolute atomic E-state index is 13.7. The van der Waals surface area contributed by atoms with Gasteiger partial charge in [-0.1, -0.05) is 35.7 Å². The standard InChI is InChI=1S/C33H40Cl2F6N4O.3ClH/c34-29-6-5-23(18-30(29)35)17-28-22-43(10-4-9-42-13-7-27(8-14-42)44-11-2-1-3-12-44)15-16-45(28)31(46)24-19-25(32(36,37)38)21-26(20-24)33(39,40)41;;;/h5-6,18-21,27-28H,1-4,7-17,22H2;3*1H/t28-;;;/m1.../s1. The first kappa shape index (κ1) is 44.0. The molecule has 0 saturated carbocycles. The second kappa shape index (κ2) is 19.1. The van der Waals surface area contributed by atoms with Crippen molar-refractivity contribution in [1.29, 1.82) is 0 Å². The Morgan fingerprint density at radius 2 is 1.31 bits per heavy atom. The van der Waals surface area contributed by atoms with Crippen LogP contribution in [0.3, 0.4) is 0 Å². The Morgan fingerprint density at radius 1 is 0.714 bits per heavy atom. The van der Waals surface area contributed by atoms with Gasteiger partial charge in [-0.15, -0.1) is 37.2 Å².